The summed E-state index contributed by atoms with van der Waals surface area (Å²) in [4.78, 5) is 7.10. The summed E-state index contributed by atoms with van der Waals surface area (Å²) in [5.74, 6) is 1.08. The highest BCUT2D eigenvalue weighted by atomic mass is 15.2. The van der Waals surface area contributed by atoms with Gasteiger partial charge < -0.3 is 10.2 Å². The summed E-state index contributed by atoms with van der Waals surface area (Å²) in [6.45, 7) is 7.33. The predicted octanol–water partition coefficient (Wildman–Crippen LogP) is 3.97. The van der Waals surface area contributed by atoms with Gasteiger partial charge in [-0.25, -0.2) is 4.98 Å². The molecule has 3 heteroatoms. The average molecular weight is 285 g/mol. The minimum Gasteiger partial charge on any atom is -0.360 e. The molecular formula is C18H27N3. The van der Waals surface area contributed by atoms with E-state index in [4.69, 9.17) is 4.98 Å². The maximum absolute atomic E-state index is 4.82. The smallest absolute Gasteiger partial charge is 0.129 e. The zero-order chi connectivity index (χ0) is 15.1. The third kappa shape index (κ3) is 4.18. The van der Waals surface area contributed by atoms with Crippen LogP contribution in [0.3, 0.4) is 0 Å². The highest BCUT2D eigenvalue weighted by molar-refractivity contribution is 5.84. The molecular weight excluding hydrogens is 258 g/mol. The van der Waals surface area contributed by atoms with Crippen molar-refractivity contribution in [2.24, 2.45) is 0 Å². The highest BCUT2D eigenvalue weighted by Gasteiger charge is 2.08. The lowest BCUT2D eigenvalue weighted by Gasteiger charge is -2.20. The maximum Gasteiger partial charge on any atom is 0.129 e. The Bertz CT molecular complexity index is 565. The monoisotopic (exact) mass is 285 g/mol. The van der Waals surface area contributed by atoms with Crippen molar-refractivity contribution < 1.29 is 0 Å². The van der Waals surface area contributed by atoms with Gasteiger partial charge in [0.15, 0.2) is 0 Å². The number of hydrogen-bond donors (Lipinski definition) is 1. The fourth-order valence-electron chi connectivity index (χ4n) is 2.55. The minimum absolute atomic E-state index is 0.898. The third-order valence-electron chi connectivity index (χ3n) is 3.84. The van der Waals surface area contributed by atoms with Gasteiger partial charge in [-0.1, -0.05) is 44.9 Å². The number of aromatic nitrogens is 1. The molecule has 0 radical (unpaired) electrons. The molecule has 2 aromatic rings. The Morgan fingerprint density at radius 1 is 1.14 bits per heavy atom. The molecule has 0 spiro atoms. The van der Waals surface area contributed by atoms with E-state index in [2.05, 4.69) is 61.4 Å². The lowest BCUT2D eigenvalue weighted by molar-refractivity contribution is 0.700. The Morgan fingerprint density at radius 3 is 2.71 bits per heavy atom. The van der Waals surface area contributed by atoms with E-state index in [0.717, 1.165) is 31.0 Å². The second kappa shape index (κ2) is 7.99. The lowest BCUT2D eigenvalue weighted by Crippen LogP contribution is -2.20. The Labute approximate surface area is 128 Å². The van der Waals surface area contributed by atoms with Gasteiger partial charge in [0.25, 0.3) is 0 Å². The summed E-state index contributed by atoms with van der Waals surface area (Å²) in [6.07, 6.45) is 3.76. The molecule has 21 heavy (non-hydrogen) atoms. The van der Waals surface area contributed by atoms with Crippen molar-refractivity contribution in [1.82, 2.24) is 10.3 Å². The van der Waals surface area contributed by atoms with Gasteiger partial charge in [-0.3, -0.25) is 0 Å². The van der Waals surface area contributed by atoms with Crippen LogP contribution in [0.1, 0.15) is 38.7 Å². The number of unbranched alkanes of at least 4 members (excludes halogenated alkanes) is 2. The van der Waals surface area contributed by atoms with Crippen LogP contribution >= 0.6 is 0 Å². The molecule has 0 fully saturated rings. The molecule has 0 bridgehead atoms. The van der Waals surface area contributed by atoms with Crippen molar-refractivity contribution in [3.05, 3.63) is 35.9 Å². The van der Waals surface area contributed by atoms with Crippen LogP contribution in [0.5, 0.6) is 0 Å². The van der Waals surface area contributed by atoms with E-state index in [0.29, 0.717) is 0 Å². The van der Waals surface area contributed by atoms with Crippen LogP contribution in [0.4, 0.5) is 5.82 Å². The number of benzene rings is 1. The van der Waals surface area contributed by atoms with Gasteiger partial charge in [-0.2, -0.15) is 0 Å². The molecule has 0 saturated carbocycles. The summed E-state index contributed by atoms with van der Waals surface area (Å²) in [7, 11) is 2.14. The first kappa shape index (κ1) is 15.8. The first-order chi connectivity index (χ1) is 10.3. The van der Waals surface area contributed by atoms with Crippen LogP contribution in [0, 0.1) is 0 Å². The standard InChI is InChI=1S/C18H27N3/c1-4-6-9-12-21(3)18-13-15(14-19-5-2)16-10-7-8-11-17(16)20-18/h7-8,10-11,13,19H,4-6,9,12,14H2,1-3H3. The number of nitrogens with one attached hydrogen (secondary N) is 1. The van der Waals surface area contributed by atoms with E-state index in [-0.39, 0.29) is 0 Å². The first-order valence-electron chi connectivity index (χ1n) is 8.06. The summed E-state index contributed by atoms with van der Waals surface area (Å²) in [6, 6.07) is 10.7. The fourth-order valence-corrected chi connectivity index (χ4v) is 2.55. The van der Waals surface area contributed by atoms with Gasteiger partial charge in [-0.05, 0) is 30.7 Å². The van der Waals surface area contributed by atoms with Gasteiger partial charge >= 0.3 is 0 Å². The largest absolute Gasteiger partial charge is 0.360 e. The summed E-state index contributed by atoms with van der Waals surface area (Å²) >= 11 is 0. The molecule has 0 amide bonds. The third-order valence-corrected chi connectivity index (χ3v) is 3.84. The summed E-state index contributed by atoms with van der Waals surface area (Å²) in [5.41, 5.74) is 2.42. The molecule has 2 rings (SSSR count). The topological polar surface area (TPSA) is 28.2 Å². The summed E-state index contributed by atoms with van der Waals surface area (Å²) in [5, 5.41) is 4.68. The van der Waals surface area contributed by atoms with Crippen LogP contribution in [0.25, 0.3) is 10.9 Å². The molecule has 0 aliphatic carbocycles. The van der Waals surface area contributed by atoms with Crippen molar-refractivity contribution in [2.75, 3.05) is 25.0 Å². The Kier molecular flexibility index (Phi) is 6.00. The van der Waals surface area contributed by atoms with E-state index in [1.807, 2.05) is 0 Å². The molecule has 3 nitrogen and oxygen atoms in total. The quantitative estimate of drug-likeness (QED) is 0.744. The van der Waals surface area contributed by atoms with Crippen LogP contribution in [-0.4, -0.2) is 25.1 Å². The van der Waals surface area contributed by atoms with Gasteiger partial charge in [-0.15, -0.1) is 0 Å². The average Bonchev–Trinajstić information content (AvgIpc) is 2.52. The van der Waals surface area contributed by atoms with Gasteiger partial charge in [0, 0.05) is 25.5 Å². The molecule has 0 aliphatic heterocycles. The van der Waals surface area contributed by atoms with Crippen LogP contribution in [0.15, 0.2) is 30.3 Å². The number of pyridine rings is 1. The van der Waals surface area contributed by atoms with Crippen LogP contribution in [-0.2, 0) is 6.54 Å². The number of nitrogens with zero attached hydrogens (tertiary/aromatic N) is 2. The molecule has 0 atom stereocenters. The van der Waals surface area contributed by atoms with E-state index < -0.39 is 0 Å². The lowest BCUT2D eigenvalue weighted by atomic mass is 10.1. The fraction of sp³-hybridized carbons (Fsp3) is 0.500. The van der Waals surface area contributed by atoms with Crippen molar-refractivity contribution in [3.8, 4) is 0 Å². The molecule has 1 aromatic carbocycles. The predicted molar refractivity (Wildman–Crippen MR) is 91.9 cm³/mol. The zero-order valence-corrected chi connectivity index (χ0v) is 13.5. The van der Waals surface area contributed by atoms with Gasteiger partial charge in [0.05, 0.1) is 5.52 Å². The Morgan fingerprint density at radius 2 is 1.95 bits per heavy atom. The van der Waals surface area contributed by atoms with Crippen LogP contribution < -0.4 is 10.2 Å². The first-order valence-corrected chi connectivity index (χ1v) is 8.06. The minimum atomic E-state index is 0.898. The number of hydrogen-bond acceptors (Lipinski definition) is 3. The Hall–Kier alpha value is -1.61. The van der Waals surface area contributed by atoms with Crippen molar-refractivity contribution in [1.29, 1.82) is 0 Å². The molecule has 0 saturated heterocycles. The molecule has 114 valence electrons. The van der Waals surface area contributed by atoms with E-state index in [1.54, 1.807) is 0 Å². The van der Waals surface area contributed by atoms with Crippen molar-refractivity contribution >= 4 is 16.7 Å². The summed E-state index contributed by atoms with van der Waals surface area (Å²) < 4.78 is 0. The molecule has 1 heterocycles. The maximum atomic E-state index is 4.82. The zero-order valence-electron chi connectivity index (χ0n) is 13.5. The van der Waals surface area contributed by atoms with Crippen molar-refractivity contribution in [3.63, 3.8) is 0 Å². The van der Waals surface area contributed by atoms with E-state index in [1.165, 1.54) is 30.2 Å². The molecule has 0 aliphatic rings. The number of fused-ring (bicyclic) bond motifs is 1. The van der Waals surface area contributed by atoms with Gasteiger partial charge in [0.1, 0.15) is 5.82 Å². The van der Waals surface area contributed by atoms with E-state index in [9.17, 15) is 0 Å². The Balaban J connectivity index is 2.27. The second-order valence-corrected chi connectivity index (χ2v) is 5.57. The molecule has 1 aromatic heterocycles. The van der Waals surface area contributed by atoms with Crippen molar-refractivity contribution in [2.45, 2.75) is 39.7 Å². The number of rotatable bonds is 8. The van der Waals surface area contributed by atoms with Gasteiger partial charge in [0.2, 0.25) is 0 Å². The molecule has 0 unspecified atom stereocenters. The molecule has 1 N–H and O–H groups in total. The SMILES string of the molecule is CCCCCN(C)c1cc(CNCC)c2ccccc2n1. The number of para-hydroxylation sites is 1. The highest BCUT2D eigenvalue weighted by Crippen LogP contribution is 2.22. The second-order valence-electron chi connectivity index (χ2n) is 5.57. The van der Waals surface area contributed by atoms with E-state index >= 15 is 0 Å². The normalized spacial score (nSPS) is 11.0. The van der Waals surface area contributed by atoms with Crippen LogP contribution in [0.2, 0.25) is 0 Å². The number of anilines is 1.